The van der Waals surface area contributed by atoms with E-state index in [0.717, 1.165) is 0 Å². The number of carbonyl (C=O) groups is 1. The SMILES string of the molecule is CC(C)(N)C(C)(C)C(=O)Nc1c(F)cc(F)cc1F. The molecule has 1 aromatic rings. The summed E-state index contributed by atoms with van der Waals surface area (Å²) in [6.07, 6.45) is 0. The zero-order valence-electron chi connectivity index (χ0n) is 11.3. The zero-order chi connectivity index (χ0) is 15.0. The van der Waals surface area contributed by atoms with Gasteiger partial charge in [-0.05, 0) is 27.7 Å². The number of rotatable bonds is 3. The van der Waals surface area contributed by atoms with E-state index in [1.807, 2.05) is 0 Å². The molecule has 0 aliphatic heterocycles. The second-order valence-corrected chi connectivity index (χ2v) is 5.55. The molecule has 0 radical (unpaired) electrons. The van der Waals surface area contributed by atoms with Crippen LogP contribution >= 0.6 is 0 Å². The Morgan fingerprint density at radius 3 is 1.89 bits per heavy atom. The van der Waals surface area contributed by atoms with Crippen LogP contribution in [-0.2, 0) is 4.79 Å². The van der Waals surface area contributed by atoms with Crippen LogP contribution in [0.5, 0.6) is 0 Å². The lowest BCUT2D eigenvalue weighted by atomic mass is 9.74. The van der Waals surface area contributed by atoms with Gasteiger partial charge in [0.2, 0.25) is 5.91 Å². The average Bonchev–Trinajstić information content (AvgIpc) is 2.21. The molecule has 1 amide bonds. The van der Waals surface area contributed by atoms with Gasteiger partial charge in [0.05, 0.1) is 5.41 Å². The minimum Gasteiger partial charge on any atom is -0.325 e. The second kappa shape index (κ2) is 4.85. The summed E-state index contributed by atoms with van der Waals surface area (Å²) in [6.45, 7) is 6.37. The lowest BCUT2D eigenvalue weighted by Gasteiger charge is -2.36. The van der Waals surface area contributed by atoms with Crippen molar-refractivity contribution in [2.45, 2.75) is 33.2 Å². The normalized spacial score (nSPS) is 12.4. The van der Waals surface area contributed by atoms with Gasteiger partial charge in [0.25, 0.3) is 0 Å². The van der Waals surface area contributed by atoms with Crippen molar-refractivity contribution in [2.24, 2.45) is 11.1 Å². The number of carbonyl (C=O) groups excluding carboxylic acids is 1. The summed E-state index contributed by atoms with van der Waals surface area (Å²) >= 11 is 0. The Hall–Kier alpha value is -1.56. The first-order valence-electron chi connectivity index (χ1n) is 5.71. The third-order valence-corrected chi connectivity index (χ3v) is 3.42. The maximum atomic E-state index is 13.4. The van der Waals surface area contributed by atoms with Crippen LogP contribution in [0, 0.1) is 22.9 Å². The molecule has 3 nitrogen and oxygen atoms in total. The molecule has 3 N–H and O–H groups in total. The van der Waals surface area contributed by atoms with E-state index in [1.54, 1.807) is 27.7 Å². The number of benzene rings is 1. The Labute approximate surface area is 110 Å². The number of hydrogen-bond donors (Lipinski definition) is 2. The van der Waals surface area contributed by atoms with Crippen molar-refractivity contribution < 1.29 is 18.0 Å². The van der Waals surface area contributed by atoms with Crippen LogP contribution < -0.4 is 11.1 Å². The van der Waals surface area contributed by atoms with Crippen molar-refractivity contribution >= 4 is 11.6 Å². The van der Waals surface area contributed by atoms with Crippen LogP contribution in [0.4, 0.5) is 18.9 Å². The van der Waals surface area contributed by atoms with E-state index in [2.05, 4.69) is 5.32 Å². The molecule has 1 aromatic carbocycles. The minimum atomic E-state index is -1.17. The maximum Gasteiger partial charge on any atom is 0.232 e. The summed E-state index contributed by atoms with van der Waals surface area (Å²) in [6, 6.07) is 0.999. The molecule has 0 aliphatic carbocycles. The minimum absolute atomic E-state index is 0.499. The fraction of sp³-hybridized carbons (Fsp3) is 0.462. The van der Waals surface area contributed by atoms with Gasteiger partial charge in [0.15, 0.2) is 11.6 Å². The van der Waals surface area contributed by atoms with Gasteiger partial charge in [-0.3, -0.25) is 4.79 Å². The number of nitrogens with one attached hydrogen (secondary N) is 1. The lowest BCUT2D eigenvalue weighted by Crippen LogP contribution is -2.53. The second-order valence-electron chi connectivity index (χ2n) is 5.55. The summed E-state index contributed by atoms with van der Waals surface area (Å²) in [5.74, 6) is -4.04. The summed E-state index contributed by atoms with van der Waals surface area (Å²) in [7, 11) is 0. The van der Waals surface area contributed by atoms with Crippen LogP contribution in [0.3, 0.4) is 0 Å². The summed E-state index contributed by atoms with van der Waals surface area (Å²) in [5, 5.41) is 2.12. The number of nitrogens with two attached hydrogens (primary N) is 1. The van der Waals surface area contributed by atoms with Crippen LogP contribution in [0.2, 0.25) is 0 Å². The molecule has 0 atom stereocenters. The molecule has 19 heavy (non-hydrogen) atoms. The van der Waals surface area contributed by atoms with E-state index in [-0.39, 0.29) is 0 Å². The van der Waals surface area contributed by atoms with E-state index in [4.69, 9.17) is 5.73 Å². The van der Waals surface area contributed by atoms with Gasteiger partial charge in [0.1, 0.15) is 11.5 Å². The maximum absolute atomic E-state index is 13.4. The topological polar surface area (TPSA) is 55.1 Å². The molecule has 0 heterocycles. The molecule has 0 fully saturated rings. The Balaban J connectivity index is 3.08. The number of halogens is 3. The van der Waals surface area contributed by atoms with E-state index in [9.17, 15) is 18.0 Å². The van der Waals surface area contributed by atoms with Crippen molar-refractivity contribution in [1.82, 2.24) is 0 Å². The van der Waals surface area contributed by atoms with Gasteiger partial charge in [0, 0.05) is 17.7 Å². The highest BCUT2D eigenvalue weighted by Gasteiger charge is 2.40. The fourth-order valence-corrected chi connectivity index (χ4v) is 1.22. The predicted octanol–water partition coefficient (Wildman–Crippen LogP) is 2.81. The van der Waals surface area contributed by atoms with Gasteiger partial charge in [-0.2, -0.15) is 0 Å². The quantitative estimate of drug-likeness (QED) is 0.890. The van der Waals surface area contributed by atoms with Crippen molar-refractivity contribution in [3.05, 3.63) is 29.6 Å². The van der Waals surface area contributed by atoms with E-state index in [0.29, 0.717) is 12.1 Å². The fourth-order valence-electron chi connectivity index (χ4n) is 1.22. The Morgan fingerprint density at radius 2 is 1.53 bits per heavy atom. The highest BCUT2D eigenvalue weighted by atomic mass is 19.1. The molecule has 0 aliphatic rings. The number of anilines is 1. The van der Waals surface area contributed by atoms with Gasteiger partial charge in [-0.25, -0.2) is 13.2 Å². The van der Waals surface area contributed by atoms with Crippen molar-refractivity contribution in [3.63, 3.8) is 0 Å². The van der Waals surface area contributed by atoms with Gasteiger partial charge in [-0.15, -0.1) is 0 Å². The van der Waals surface area contributed by atoms with E-state index < -0.39 is 40.0 Å². The lowest BCUT2D eigenvalue weighted by molar-refractivity contribution is -0.126. The molecule has 0 bridgehead atoms. The van der Waals surface area contributed by atoms with Crippen molar-refractivity contribution in [1.29, 1.82) is 0 Å². The Kier molecular flexibility index (Phi) is 3.95. The Bertz CT molecular complexity index is 484. The molecule has 0 unspecified atom stereocenters. The summed E-state index contributed by atoms with van der Waals surface area (Å²) in [5.41, 5.74) is 3.21. The molecule has 6 heteroatoms. The highest BCUT2D eigenvalue weighted by Crippen LogP contribution is 2.31. The molecule has 0 saturated heterocycles. The average molecular weight is 274 g/mol. The monoisotopic (exact) mass is 274 g/mol. The first-order chi connectivity index (χ1) is 8.46. The van der Waals surface area contributed by atoms with Crippen LogP contribution in [0.25, 0.3) is 0 Å². The largest absolute Gasteiger partial charge is 0.325 e. The third-order valence-electron chi connectivity index (χ3n) is 3.42. The van der Waals surface area contributed by atoms with Crippen LogP contribution in [0.15, 0.2) is 12.1 Å². The first kappa shape index (κ1) is 15.5. The highest BCUT2D eigenvalue weighted by molar-refractivity contribution is 5.96. The first-order valence-corrected chi connectivity index (χ1v) is 5.71. The van der Waals surface area contributed by atoms with Gasteiger partial charge >= 0.3 is 0 Å². The number of hydrogen-bond acceptors (Lipinski definition) is 2. The van der Waals surface area contributed by atoms with Crippen molar-refractivity contribution in [3.8, 4) is 0 Å². The molecular formula is C13H17F3N2O. The molecule has 0 aromatic heterocycles. The third kappa shape index (κ3) is 3.07. The zero-order valence-corrected chi connectivity index (χ0v) is 11.3. The predicted molar refractivity (Wildman–Crippen MR) is 67.0 cm³/mol. The standard InChI is InChI=1S/C13H17F3N2O/c1-12(2,13(3,4)17)11(19)18-10-8(15)5-7(14)6-9(10)16/h5-6H,17H2,1-4H3,(H,18,19). The smallest absolute Gasteiger partial charge is 0.232 e. The van der Waals surface area contributed by atoms with Gasteiger partial charge < -0.3 is 11.1 Å². The molecular weight excluding hydrogens is 257 g/mol. The molecule has 0 spiro atoms. The van der Waals surface area contributed by atoms with E-state index in [1.165, 1.54) is 0 Å². The summed E-state index contributed by atoms with van der Waals surface area (Å²) < 4.78 is 39.6. The van der Waals surface area contributed by atoms with E-state index >= 15 is 0 Å². The molecule has 1 rings (SSSR count). The number of amides is 1. The van der Waals surface area contributed by atoms with Crippen LogP contribution in [0.1, 0.15) is 27.7 Å². The molecule has 106 valence electrons. The van der Waals surface area contributed by atoms with Crippen LogP contribution in [-0.4, -0.2) is 11.4 Å². The van der Waals surface area contributed by atoms with Crippen molar-refractivity contribution in [2.75, 3.05) is 5.32 Å². The Morgan fingerprint density at radius 1 is 1.11 bits per heavy atom. The summed E-state index contributed by atoms with van der Waals surface area (Å²) in [4.78, 5) is 12.1. The van der Waals surface area contributed by atoms with Gasteiger partial charge in [-0.1, -0.05) is 0 Å². The molecule has 0 saturated carbocycles.